The summed E-state index contributed by atoms with van der Waals surface area (Å²) in [6.07, 6.45) is -0.859. The van der Waals surface area contributed by atoms with E-state index < -0.39 is 6.10 Å². The lowest BCUT2D eigenvalue weighted by atomic mass is 10.1. The van der Waals surface area contributed by atoms with E-state index in [9.17, 15) is 5.11 Å². The van der Waals surface area contributed by atoms with Gasteiger partial charge in [0.15, 0.2) is 0 Å². The minimum Gasteiger partial charge on any atom is -0.497 e. The van der Waals surface area contributed by atoms with E-state index in [-0.39, 0.29) is 0 Å². The Kier molecular flexibility index (Phi) is 3.41. The van der Waals surface area contributed by atoms with Gasteiger partial charge in [0, 0.05) is 5.56 Å². The van der Waals surface area contributed by atoms with Gasteiger partial charge in [-0.15, -0.1) is 0 Å². The molecule has 0 saturated heterocycles. The van der Waals surface area contributed by atoms with Gasteiger partial charge < -0.3 is 14.3 Å². The normalized spacial score (nSPS) is 12.5. The molecule has 0 saturated carbocycles. The van der Waals surface area contributed by atoms with E-state index in [1.807, 2.05) is 6.92 Å². The first-order chi connectivity index (χ1) is 8.11. The van der Waals surface area contributed by atoms with Gasteiger partial charge in [-0.25, -0.2) is 0 Å². The van der Waals surface area contributed by atoms with Crippen molar-refractivity contribution in [2.24, 2.45) is 0 Å². The second-order valence-electron chi connectivity index (χ2n) is 3.74. The Labute approximate surface area is 105 Å². The molecule has 1 heterocycles. The van der Waals surface area contributed by atoms with Crippen molar-refractivity contribution < 1.29 is 14.3 Å². The summed E-state index contributed by atoms with van der Waals surface area (Å²) in [5.74, 6) is 1.89. The van der Waals surface area contributed by atoms with Crippen molar-refractivity contribution in [3.63, 3.8) is 0 Å². The van der Waals surface area contributed by atoms with E-state index in [4.69, 9.17) is 20.8 Å². The summed E-state index contributed by atoms with van der Waals surface area (Å²) in [5, 5.41) is 10.6. The number of methoxy groups -OCH3 is 1. The smallest absolute Gasteiger partial charge is 0.138 e. The lowest BCUT2D eigenvalue weighted by Crippen LogP contribution is -1.99. The van der Waals surface area contributed by atoms with Crippen molar-refractivity contribution in [2.75, 3.05) is 7.11 Å². The Morgan fingerprint density at radius 1 is 1.29 bits per heavy atom. The minimum absolute atomic E-state index is 0.450. The Morgan fingerprint density at radius 3 is 2.59 bits per heavy atom. The molecule has 0 aliphatic heterocycles. The van der Waals surface area contributed by atoms with Crippen LogP contribution in [0.3, 0.4) is 0 Å². The number of aliphatic hydroxyl groups is 1. The molecule has 0 aliphatic rings. The molecule has 4 heteroatoms. The second kappa shape index (κ2) is 4.82. The summed E-state index contributed by atoms with van der Waals surface area (Å²) in [5.41, 5.74) is 0.599. The van der Waals surface area contributed by atoms with Gasteiger partial charge in [-0.1, -0.05) is 17.7 Å². The molecule has 2 rings (SSSR count). The van der Waals surface area contributed by atoms with Crippen molar-refractivity contribution in [3.8, 4) is 5.75 Å². The third-order valence-electron chi connectivity index (χ3n) is 2.53. The Morgan fingerprint density at radius 2 is 2.06 bits per heavy atom. The maximum Gasteiger partial charge on any atom is 0.138 e. The van der Waals surface area contributed by atoms with E-state index in [1.165, 1.54) is 0 Å². The van der Waals surface area contributed by atoms with Crippen LogP contribution in [0.5, 0.6) is 5.75 Å². The Hall–Kier alpha value is -1.45. The van der Waals surface area contributed by atoms with E-state index >= 15 is 0 Å². The number of furan rings is 1. The highest BCUT2D eigenvalue weighted by molar-refractivity contribution is 6.31. The van der Waals surface area contributed by atoms with Crippen LogP contribution in [0.1, 0.15) is 23.2 Å². The standard InChI is InChI=1S/C13H13ClO3/c1-8-3-6-12(17-8)13(15)10-5-4-9(16-2)7-11(10)14/h3-7,13,15H,1-2H3. The molecule has 0 radical (unpaired) electrons. The quantitative estimate of drug-likeness (QED) is 0.911. The molecule has 0 amide bonds. The Balaban J connectivity index is 2.34. The summed E-state index contributed by atoms with van der Waals surface area (Å²) in [4.78, 5) is 0. The van der Waals surface area contributed by atoms with Gasteiger partial charge in [0.05, 0.1) is 12.1 Å². The van der Waals surface area contributed by atoms with Crippen LogP contribution in [-0.2, 0) is 0 Å². The molecule has 0 spiro atoms. The largest absolute Gasteiger partial charge is 0.497 e. The lowest BCUT2D eigenvalue weighted by Gasteiger charge is -2.11. The van der Waals surface area contributed by atoms with E-state index in [0.717, 1.165) is 5.76 Å². The first-order valence-electron chi connectivity index (χ1n) is 5.19. The van der Waals surface area contributed by atoms with Crippen LogP contribution in [0.4, 0.5) is 0 Å². The number of ether oxygens (including phenoxy) is 1. The van der Waals surface area contributed by atoms with Crippen LogP contribution in [0.15, 0.2) is 34.7 Å². The number of hydrogen-bond acceptors (Lipinski definition) is 3. The highest BCUT2D eigenvalue weighted by atomic mass is 35.5. The minimum atomic E-state index is -0.859. The molecular weight excluding hydrogens is 240 g/mol. The summed E-state index contributed by atoms with van der Waals surface area (Å²) in [6, 6.07) is 8.68. The first-order valence-corrected chi connectivity index (χ1v) is 5.57. The third kappa shape index (κ3) is 2.46. The van der Waals surface area contributed by atoms with E-state index in [0.29, 0.717) is 22.1 Å². The highest BCUT2D eigenvalue weighted by Crippen LogP contribution is 2.31. The van der Waals surface area contributed by atoms with Crippen molar-refractivity contribution in [2.45, 2.75) is 13.0 Å². The predicted molar refractivity (Wildman–Crippen MR) is 65.5 cm³/mol. The number of aliphatic hydroxyl groups excluding tert-OH is 1. The molecule has 0 fully saturated rings. The number of hydrogen-bond donors (Lipinski definition) is 1. The Bertz CT molecular complexity index is 519. The van der Waals surface area contributed by atoms with Crippen molar-refractivity contribution in [1.29, 1.82) is 0 Å². The van der Waals surface area contributed by atoms with Gasteiger partial charge >= 0.3 is 0 Å². The fourth-order valence-electron chi connectivity index (χ4n) is 1.61. The average molecular weight is 253 g/mol. The second-order valence-corrected chi connectivity index (χ2v) is 4.15. The summed E-state index contributed by atoms with van der Waals surface area (Å²) >= 11 is 6.08. The van der Waals surface area contributed by atoms with Gasteiger partial charge in [0.1, 0.15) is 23.4 Å². The van der Waals surface area contributed by atoms with Gasteiger partial charge in [-0.2, -0.15) is 0 Å². The number of rotatable bonds is 3. The predicted octanol–water partition coefficient (Wildman–Crippen LogP) is 3.33. The lowest BCUT2D eigenvalue weighted by molar-refractivity contribution is 0.187. The molecule has 0 aliphatic carbocycles. The zero-order valence-electron chi connectivity index (χ0n) is 9.61. The van der Waals surface area contributed by atoms with Gasteiger partial charge in [-0.3, -0.25) is 0 Å². The zero-order chi connectivity index (χ0) is 12.4. The first kappa shape index (κ1) is 12.0. The monoisotopic (exact) mass is 252 g/mol. The maximum atomic E-state index is 10.1. The van der Waals surface area contributed by atoms with Crippen LogP contribution in [0.2, 0.25) is 5.02 Å². The average Bonchev–Trinajstić information content (AvgIpc) is 2.75. The van der Waals surface area contributed by atoms with Crippen LogP contribution >= 0.6 is 11.6 Å². The van der Waals surface area contributed by atoms with Gasteiger partial charge in [-0.05, 0) is 31.2 Å². The van der Waals surface area contributed by atoms with E-state index in [2.05, 4.69) is 0 Å². The summed E-state index contributed by atoms with van der Waals surface area (Å²) in [7, 11) is 1.57. The third-order valence-corrected chi connectivity index (χ3v) is 2.86. The zero-order valence-corrected chi connectivity index (χ0v) is 10.4. The molecule has 1 aromatic heterocycles. The van der Waals surface area contributed by atoms with Gasteiger partial charge in [0.2, 0.25) is 0 Å². The number of halogens is 1. The molecule has 3 nitrogen and oxygen atoms in total. The highest BCUT2D eigenvalue weighted by Gasteiger charge is 2.17. The molecule has 2 aromatic rings. The molecule has 0 bridgehead atoms. The van der Waals surface area contributed by atoms with Gasteiger partial charge in [0.25, 0.3) is 0 Å². The molecule has 17 heavy (non-hydrogen) atoms. The summed E-state index contributed by atoms with van der Waals surface area (Å²) < 4.78 is 10.4. The molecule has 1 atom stereocenters. The van der Waals surface area contributed by atoms with Crippen molar-refractivity contribution >= 4 is 11.6 Å². The molecule has 1 N–H and O–H groups in total. The van der Waals surface area contributed by atoms with Crippen molar-refractivity contribution in [3.05, 3.63) is 52.4 Å². The molecule has 1 aromatic carbocycles. The number of benzene rings is 1. The fraction of sp³-hybridized carbons (Fsp3) is 0.231. The van der Waals surface area contributed by atoms with Crippen molar-refractivity contribution in [1.82, 2.24) is 0 Å². The fourth-order valence-corrected chi connectivity index (χ4v) is 1.88. The van der Waals surface area contributed by atoms with Crippen LogP contribution in [0, 0.1) is 6.92 Å². The SMILES string of the molecule is COc1ccc(C(O)c2ccc(C)o2)c(Cl)c1. The molecule has 90 valence electrons. The summed E-state index contributed by atoms with van der Waals surface area (Å²) in [6.45, 7) is 1.83. The number of aryl methyl sites for hydroxylation is 1. The van der Waals surface area contributed by atoms with E-state index in [1.54, 1.807) is 37.4 Å². The maximum absolute atomic E-state index is 10.1. The van der Waals surface area contributed by atoms with Crippen LogP contribution in [0.25, 0.3) is 0 Å². The topological polar surface area (TPSA) is 42.6 Å². The molecular formula is C13H13ClO3. The molecule has 1 unspecified atom stereocenters. The van der Waals surface area contributed by atoms with Crippen LogP contribution in [-0.4, -0.2) is 12.2 Å². The van der Waals surface area contributed by atoms with Crippen LogP contribution < -0.4 is 4.74 Å².